The van der Waals surface area contributed by atoms with Crippen LogP contribution in [-0.4, -0.2) is 53.7 Å². The Morgan fingerprint density at radius 1 is 1.18 bits per heavy atom. The van der Waals surface area contributed by atoms with E-state index in [4.69, 9.17) is 4.74 Å². The largest absolute Gasteiger partial charge is 0.598 e. The molecular formula is C23H37N3O5S2. The highest BCUT2D eigenvalue weighted by atomic mass is 32.2. The molecule has 2 aliphatic rings. The number of sulfonamides is 1. The van der Waals surface area contributed by atoms with E-state index in [1.54, 1.807) is 11.0 Å². The van der Waals surface area contributed by atoms with Crippen LogP contribution in [0, 0.1) is 5.41 Å². The van der Waals surface area contributed by atoms with Crippen molar-refractivity contribution in [2.45, 2.75) is 77.2 Å². The molecule has 1 aliphatic carbocycles. The standard InChI is InChI=1S/C23H37N3O5S2/c1-21(2,3)31-20(27)26-12-10-23(11-13-26)15-16-14-17(25-33(7,29)30)8-9-18(16)19(23)24-32(28)22(4,5)6/h8-9,14,19,24-25H,10-13,15H2,1-7H3/t19-,32-/m1/s1. The maximum absolute atomic E-state index is 13.1. The Bertz CT molecular complexity index is 990. The summed E-state index contributed by atoms with van der Waals surface area (Å²) in [6.07, 6.45) is 3.01. The lowest BCUT2D eigenvalue weighted by atomic mass is 9.73. The van der Waals surface area contributed by atoms with E-state index < -0.39 is 31.7 Å². The van der Waals surface area contributed by atoms with Gasteiger partial charge in [0.15, 0.2) is 0 Å². The molecule has 1 spiro atoms. The van der Waals surface area contributed by atoms with Gasteiger partial charge in [-0.05, 0) is 84.1 Å². The molecule has 1 aromatic carbocycles. The average Bonchev–Trinajstić information content (AvgIpc) is 2.91. The number of benzene rings is 1. The lowest BCUT2D eigenvalue weighted by molar-refractivity contribution is 0.00716. The molecular weight excluding hydrogens is 462 g/mol. The van der Waals surface area contributed by atoms with Gasteiger partial charge in [-0.25, -0.2) is 13.2 Å². The first-order chi connectivity index (χ1) is 15.0. The van der Waals surface area contributed by atoms with Crippen molar-refractivity contribution in [3.63, 3.8) is 0 Å². The van der Waals surface area contributed by atoms with E-state index in [9.17, 15) is 17.8 Å². The van der Waals surface area contributed by atoms with E-state index >= 15 is 0 Å². The summed E-state index contributed by atoms with van der Waals surface area (Å²) in [5, 5.41) is 0. The summed E-state index contributed by atoms with van der Waals surface area (Å²) in [6, 6.07) is 5.40. The summed E-state index contributed by atoms with van der Waals surface area (Å²) >= 11 is -1.28. The first kappa shape index (κ1) is 26.1. The third-order valence-electron chi connectivity index (χ3n) is 6.10. The lowest BCUT2D eigenvalue weighted by Gasteiger charge is -2.43. The zero-order valence-corrected chi connectivity index (χ0v) is 22.3. The fourth-order valence-corrected chi connectivity index (χ4v) is 6.03. The number of hydrogen-bond acceptors (Lipinski definition) is 6. The lowest BCUT2D eigenvalue weighted by Crippen LogP contribution is -2.51. The third-order valence-corrected chi connectivity index (χ3v) is 8.27. The van der Waals surface area contributed by atoms with E-state index in [-0.39, 0.29) is 17.6 Å². The Labute approximate surface area is 201 Å². The van der Waals surface area contributed by atoms with E-state index in [2.05, 4.69) is 9.44 Å². The maximum atomic E-state index is 13.1. The number of carbonyl (C=O) groups excluding carboxylic acids is 1. The summed E-state index contributed by atoms with van der Waals surface area (Å²) < 4.78 is 47.5. The van der Waals surface area contributed by atoms with Crippen LogP contribution in [0.4, 0.5) is 10.5 Å². The Balaban J connectivity index is 1.87. The fraction of sp³-hybridized carbons (Fsp3) is 0.696. The van der Waals surface area contributed by atoms with Crippen molar-refractivity contribution in [2.24, 2.45) is 5.41 Å². The minimum atomic E-state index is -3.38. The van der Waals surface area contributed by atoms with Gasteiger partial charge in [-0.15, -0.1) is 4.72 Å². The van der Waals surface area contributed by atoms with Crippen molar-refractivity contribution < 1.29 is 22.5 Å². The number of ether oxygens (including phenoxy) is 1. The molecule has 33 heavy (non-hydrogen) atoms. The highest BCUT2D eigenvalue weighted by Crippen LogP contribution is 2.53. The van der Waals surface area contributed by atoms with Crippen molar-refractivity contribution in [3.05, 3.63) is 29.3 Å². The number of anilines is 1. The van der Waals surface area contributed by atoms with Gasteiger partial charge in [0.2, 0.25) is 10.0 Å². The van der Waals surface area contributed by atoms with Crippen LogP contribution < -0.4 is 9.44 Å². The molecule has 1 saturated heterocycles. The molecule has 10 heteroatoms. The zero-order valence-electron chi connectivity index (χ0n) is 20.6. The summed E-state index contributed by atoms with van der Waals surface area (Å²) in [7, 11) is -3.38. The topological polar surface area (TPSA) is 111 Å². The van der Waals surface area contributed by atoms with Crippen molar-refractivity contribution in [1.82, 2.24) is 9.62 Å². The number of nitrogens with one attached hydrogen (secondary N) is 2. The minimum Gasteiger partial charge on any atom is -0.598 e. The molecule has 186 valence electrons. The van der Waals surface area contributed by atoms with Crippen molar-refractivity contribution in [1.29, 1.82) is 0 Å². The molecule has 0 bridgehead atoms. The van der Waals surface area contributed by atoms with Crippen LogP contribution in [0.2, 0.25) is 0 Å². The monoisotopic (exact) mass is 499 g/mol. The van der Waals surface area contributed by atoms with Gasteiger partial charge < -0.3 is 14.2 Å². The highest BCUT2D eigenvalue weighted by Gasteiger charge is 2.51. The molecule has 1 aliphatic heterocycles. The van der Waals surface area contributed by atoms with E-state index in [0.29, 0.717) is 18.8 Å². The van der Waals surface area contributed by atoms with Gasteiger partial charge in [-0.2, -0.15) is 0 Å². The van der Waals surface area contributed by atoms with Gasteiger partial charge in [-0.1, -0.05) is 6.07 Å². The Hall–Kier alpha value is -1.49. The number of carbonyl (C=O) groups is 1. The number of nitrogens with zero attached hydrogens (tertiary/aromatic N) is 1. The van der Waals surface area contributed by atoms with Gasteiger partial charge in [0.1, 0.15) is 10.3 Å². The molecule has 0 unspecified atom stereocenters. The number of amides is 1. The zero-order chi connectivity index (χ0) is 24.8. The first-order valence-corrected chi connectivity index (χ1v) is 14.3. The highest BCUT2D eigenvalue weighted by molar-refractivity contribution is 7.92. The molecule has 2 N–H and O–H groups in total. The molecule has 1 fully saturated rings. The number of piperidine rings is 1. The number of rotatable bonds is 4. The second-order valence-corrected chi connectivity index (χ2v) is 15.0. The molecule has 3 rings (SSSR count). The quantitative estimate of drug-likeness (QED) is 0.611. The molecule has 8 nitrogen and oxygen atoms in total. The van der Waals surface area contributed by atoms with E-state index in [1.807, 2.05) is 53.7 Å². The fourth-order valence-electron chi connectivity index (χ4n) is 4.53. The van der Waals surface area contributed by atoms with Gasteiger partial charge in [-0.3, -0.25) is 4.72 Å². The SMILES string of the molecule is CC(C)(C)OC(=O)N1CCC2(CC1)Cc1cc(NS(C)(=O)=O)ccc1[C@H]2N[S@+]([O-])C(C)(C)C. The van der Waals surface area contributed by atoms with Crippen LogP contribution in [0.15, 0.2) is 18.2 Å². The number of likely N-dealkylation sites (tertiary alicyclic amines) is 1. The average molecular weight is 500 g/mol. The second kappa shape index (κ2) is 8.94. The molecule has 1 aromatic rings. The molecule has 1 heterocycles. The number of fused-ring (bicyclic) bond motifs is 1. The van der Waals surface area contributed by atoms with E-state index in [1.165, 1.54) is 0 Å². The summed E-state index contributed by atoms with van der Waals surface area (Å²) in [5.74, 6) is 0. The second-order valence-electron chi connectivity index (χ2n) is 11.2. The Kier molecular flexibility index (Phi) is 7.08. The van der Waals surface area contributed by atoms with E-state index in [0.717, 1.165) is 36.6 Å². The maximum Gasteiger partial charge on any atom is 0.410 e. The Morgan fingerprint density at radius 2 is 1.79 bits per heavy atom. The van der Waals surface area contributed by atoms with Crippen molar-refractivity contribution >= 4 is 33.2 Å². The van der Waals surface area contributed by atoms with Crippen LogP contribution in [0.3, 0.4) is 0 Å². The minimum absolute atomic E-state index is 0.152. The van der Waals surface area contributed by atoms with Crippen LogP contribution in [0.25, 0.3) is 0 Å². The molecule has 0 saturated carbocycles. The van der Waals surface area contributed by atoms with Gasteiger partial charge in [0, 0.05) is 35.6 Å². The smallest absolute Gasteiger partial charge is 0.410 e. The van der Waals surface area contributed by atoms with Crippen LogP contribution in [0.1, 0.15) is 71.6 Å². The Morgan fingerprint density at radius 3 is 2.30 bits per heavy atom. The van der Waals surface area contributed by atoms with Crippen molar-refractivity contribution in [2.75, 3.05) is 24.1 Å². The number of hydrogen-bond donors (Lipinski definition) is 2. The van der Waals surface area contributed by atoms with Gasteiger partial charge in [0.05, 0.1) is 12.3 Å². The molecule has 1 amide bonds. The first-order valence-electron chi connectivity index (χ1n) is 11.3. The van der Waals surface area contributed by atoms with Crippen molar-refractivity contribution in [3.8, 4) is 0 Å². The molecule has 2 atom stereocenters. The predicted octanol–water partition coefficient (Wildman–Crippen LogP) is 3.72. The molecule has 0 radical (unpaired) electrons. The van der Waals surface area contributed by atoms with Crippen LogP contribution in [-0.2, 0) is 32.5 Å². The summed E-state index contributed by atoms with van der Waals surface area (Å²) in [4.78, 5) is 14.3. The third kappa shape index (κ3) is 6.35. The summed E-state index contributed by atoms with van der Waals surface area (Å²) in [6.45, 7) is 12.5. The normalized spacial score (nSPS) is 21.6. The van der Waals surface area contributed by atoms with Crippen LogP contribution >= 0.6 is 0 Å². The van der Waals surface area contributed by atoms with Gasteiger partial charge in [0.25, 0.3) is 0 Å². The predicted molar refractivity (Wildman–Crippen MR) is 132 cm³/mol. The van der Waals surface area contributed by atoms with Gasteiger partial charge >= 0.3 is 6.09 Å². The molecule has 0 aromatic heterocycles. The summed E-state index contributed by atoms with van der Waals surface area (Å²) in [5.41, 5.74) is 1.84. The van der Waals surface area contributed by atoms with Crippen LogP contribution in [0.5, 0.6) is 0 Å².